The van der Waals surface area contributed by atoms with E-state index in [-0.39, 0.29) is 28.4 Å². The number of aromatic hydroxyl groups is 1. The number of benzene rings is 7. The van der Waals surface area contributed by atoms with Gasteiger partial charge in [-0.1, -0.05) is 206 Å². The lowest BCUT2D eigenvalue weighted by atomic mass is 9.78. The number of aromatic nitrogens is 3. The quantitative estimate of drug-likeness (QED) is 0.173. The van der Waals surface area contributed by atoms with Crippen molar-refractivity contribution in [1.29, 1.82) is 0 Å². The fourth-order valence-corrected chi connectivity index (χ4v) is 9.34. The zero-order chi connectivity index (χ0) is 77.6. The summed E-state index contributed by atoms with van der Waals surface area (Å²) in [5.41, 5.74) is -12.6. The van der Waals surface area contributed by atoms with Crippen LogP contribution >= 0.6 is 0 Å². The van der Waals surface area contributed by atoms with Crippen LogP contribution in [0, 0.1) is 6.85 Å². The van der Waals surface area contributed by atoms with Gasteiger partial charge in [-0.2, -0.15) is 0 Å². The van der Waals surface area contributed by atoms with Gasteiger partial charge in [0.05, 0.1) is 28.0 Å². The minimum absolute atomic E-state index is 0.0644. The number of phenolic OH excluding ortho intramolecular Hbond substituents is 1. The molecule has 372 valence electrons. The predicted molar refractivity (Wildman–Crippen MR) is 311 cm³/mol. The molecule has 0 amide bonds. The number of nitrogens with zero attached hydrogens (tertiary/aromatic N) is 3. The zero-order valence-corrected chi connectivity index (χ0v) is 41.3. The van der Waals surface area contributed by atoms with Gasteiger partial charge >= 0.3 is 0 Å². The van der Waals surface area contributed by atoms with Crippen LogP contribution in [0.15, 0.2) is 158 Å². The second-order valence-corrected chi connectivity index (χ2v) is 20.7. The Morgan fingerprint density at radius 3 is 1.79 bits per heavy atom. The summed E-state index contributed by atoms with van der Waals surface area (Å²) in [6.07, 6.45) is 1.46. The van der Waals surface area contributed by atoms with Gasteiger partial charge in [0.1, 0.15) is 11.6 Å². The third kappa shape index (κ3) is 10.1. The number of hydrogen-bond donors (Lipinski definition) is 1. The predicted octanol–water partition coefficient (Wildman–Crippen LogP) is 18.9. The van der Waals surface area contributed by atoms with E-state index >= 15 is 0 Å². The SMILES string of the molecule is [2H]C([2H])([2H])c1cc(-c2c(-c3ccccc3)cccc2C(C)(C)C)ccc1-n1c(-c2cc(C(C([2H])([2H])[2H])(C([2H])([2H])[2H])C([2H])([2H])[2H])cc(C(C([2H])([2H])[2H])(C([2H])([2H])[2H])C([2H])([2H])[2H])c2O)nc2c(-c3cc(-c4cc(-c5ccc(C(C([2H])([2H])[2H])(C([2H])([2H])[2H])C([2H])([2H])[2H])cc5)ccn4)cc(C(C)(C)C)c3)cccc21. The molecule has 0 atom stereocenters. The second-order valence-electron chi connectivity index (χ2n) is 20.7. The van der Waals surface area contributed by atoms with Crippen LogP contribution in [-0.4, -0.2) is 19.6 Å². The van der Waals surface area contributed by atoms with Crippen LogP contribution in [0.2, 0.25) is 0 Å². The molecule has 73 heavy (non-hydrogen) atoms. The maximum atomic E-state index is 13.2. The summed E-state index contributed by atoms with van der Waals surface area (Å²) >= 11 is 0. The van der Waals surface area contributed by atoms with Crippen molar-refractivity contribution in [3.05, 3.63) is 191 Å². The number of fused-ring (bicyclic) bond motifs is 1. The fourth-order valence-electron chi connectivity index (χ4n) is 9.34. The topological polar surface area (TPSA) is 50.9 Å². The van der Waals surface area contributed by atoms with Crippen LogP contribution in [-0.2, 0) is 27.1 Å². The summed E-state index contributed by atoms with van der Waals surface area (Å²) in [6, 6.07) is 38.2. The van der Waals surface area contributed by atoms with E-state index < -0.39 is 135 Å². The molecule has 9 aromatic rings. The Hall–Kier alpha value is -7.04. The summed E-state index contributed by atoms with van der Waals surface area (Å²) < 4.78 is 263. The van der Waals surface area contributed by atoms with Gasteiger partial charge in [0.15, 0.2) is 0 Å². The van der Waals surface area contributed by atoms with Crippen LogP contribution in [0.25, 0.3) is 83.9 Å². The van der Waals surface area contributed by atoms with Gasteiger partial charge in [-0.15, -0.1) is 0 Å². The van der Waals surface area contributed by atoms with Crippen molar-refractivity contribution in [3.63, 3.8) is 0 Å². The molecule has 0 saturated carbocycles. The minimum atomic E-state index is -4.32. The van der Waals surface area contributed by atoms with Crippen LogP contribution in [0.1, 0.15) is 178 Å². The highest BCUT2D eigenvalue weighted by Gasteiger charge is 2.30. The molecule has 9 rings (SSSR count). The second kappa shape index (κ2) is 18.5. The average molecular weight is 993 g/mol. The van der Waals surface area contributed by atoms with Crippen molar-refractivity contribution < 1.29 is 46.2 Å². The lowest BCUT2D eigenvalue weighted by Gasteiger charge is -2.28. The molecule has 4 heteroatoms. The fraction of sp³-hybridized carbons (Fsp3) is 0.304. The third-order valence-electron chi connectivity index (χ3n) is 13.2. The Kier molecular flexibility index (Phi) is 6.51. The summed E-state index contributed by atoms with van der Waals surface area (Å²) in [6.45, 7) is -27.6. The lowest BCUT2D eigenvalue weighted by Crippen LogP contribution is -2.17. The number of pyridine rings is 1. The van der Waals surface area contributed by atoms with E-state index in [1.54, 1.807) is 36.4 Å². The van der Waals surface area contributed by atoms with Gasteiger partial charge in [0.2, 0.25) is 0 Å². The van der Waals surface area contributed by atoms with Crippen molar-refractivity contribution in [2.45, 2.75) is 137 Å². The molecule has 4 nitrogen and oxygen atoms in total. The van der Waals surface area contributed by atoms with Crippen molar-refractivity contribution in [2.75, 3.05) is 0 Å². The Morgan fingerprint density at radius 2 is 1.11 bits per heavy atom. The van der Waals surface area contributed by atoms with Gasteiger partial charge < -0.3 is 5.11 Å². The molecule has 0 aliphatic carbocycles. The van der Waals surface area contributed by atoms with E-state index in [1.165, 1.54) is 42.6 Å². The highest BCUT2D eigenvalue weighted by Crippen LogP contribution is 2.47. The smallest absolute Gasteiger partial charge is 0.149 e. The maximum absolute atomic E-state index is 13.2. The Bertz CT molecular complexity index is 4570. The highest BCUT2D eigenvalue weighted by molar-refractivity contribution is 5.97. The standard InChI is InChI=1S/C69H75N3O/c1-43-36-47(61-53(45-22-18-17-19-23-45)24-20-26-56(61)68(11,12)13)30-33-59(43)72-60-27-21-25-54(62(60)71-64(72)55-41-52(67(8,9)10)42-57(63(55)73)69(14,15)16)48-37-49(39-51(38-48)66(5,6)7)58-40-46(34-35-70-58)44-28-31-50(32-29-44)65(2,3)4/h17-42,73H,1-16H3/i1D3,2D3,3D3,4D3,8D3,9D3,10D3,14D3,15D3,16D3. The lowest BCUT2D eigenvalue weighted by molar-refractivity contribution is 0.446. The molecule has 0 spiro atoms. The number of phenols is 1. The Labute approximate surface area is 478 Å². The monoisotopic (exact) mass is 992 g/mol. The molecule has 7 aromatic carbocycles. The van der Waals surface area contributed by atoms with Crippen molar-refractivity contribution >= 4 is 11.0 Å². The van der Waals surface area contributed by atoms with Crippen LogP contribution in [0.3, 0.4) is 0 Å². The van der Waals surface area contributed by atoms with E-state index in [2.05, 4.69) is 0 Å². The van der Waals surface area contributed by atoms with Crippen molar-refractivity contribution in [1.82, 2.24) is 14.5 Å². The molecule has 0 saturated heterocycles. The summed E-state index contributed by atoms with van der Waals surface area (Å²) in [4.78, 5) is 9.81. The number of aryl methyl sites for hydroxylation is 1. The summed E-state index contributed by atoms with van der Waals surface area (Å²) in [7, 11) is 0. The highest BCUT2D eigenvalue weighted by atomic mass is 16.3. The zero-order valence-electron chi connectivity index (χ0n) is 71.3. The van der Waals surface area contributed by atoms with E-state index in [0.29, 0.717) is 56.3 Å². The van der Waals surface area contributed by atoms with Crippen LogP contribution in [0.4, 0.5) is 0 Å². The van der Waals surface area contributed by atoms with Crippen LogP contribution in [0.5, 0.6) is 5.75 Å². The minimum Gasteiger partial charge on any atom is -0.507 e. The largest absolute Gasteiger partial charge is 0.507 e. The van der Waals surface area contributed by atoms with E-state index in [4.69, 9.17) is 47.0 Å². The summed E-state index contributed by atoms with van der Waals surface area (Å²) in [5.74, 6) is -2.31. The van der Waals surface area contributed by atoms with E-state index in [1.807, 2.05) is 96.1 Å². The van der Waals surface area contributed by atoms with E-state index in [0.717, 1.165) is 27.8 Å². The maximum Gasteiger partial charge on any atom is 0.149 e. The molecular formula is C69H75N3O. The number of rotatable bonds is 7. The molecule has 0 radical (unpaired) electrons. The summed E-state index contributed by atoms with van der Waals surface area (Å²) in [5, 5.41) is 13.2. The van der Waals surface area contributed by atoms with Gasteiger partial charge in [-0.25, -0.2) is 4.98 Å². The van der Waals surface area contributed by atoms with Gasteiger partial charge in [0.25, 0.3) is 0 Å². The molecule has 1 N–H and O–H groups in total. The molecule has 0 fully saturated rings. The first-order chi connectivity index (χ1) is 46.6. The molecule has 0 unspecified atom stereocenters. The average Bonchev–Trinajstić information content (AvgIpc) is 1.66. The third-order valence-corrected chi connectivity index (χ3v) is 13.2. The molecule has 2 aromatic heterocycles. The van der Waals surface area contributed by atoms with Gasteiger partial charge in [-0.05, 0) is 149 Å². The number of para-hydroxylation sites is 1. The van der Waals surface area contributed by atoms with Crippen molar-refractivity contribution in [2.24, 2.45) is 0 Å². The molecule has 0 aliphatic heterocycles. The van der Waals surface area contributed by atoms with Gasteiger partial charge in [0, 0.05) is 64.0 Å². The first-order valence-corrected chi connectivity index (χ1v) is 23.6. The molecular weight excluding hydrogens is 887 g/mol. The van der Waals surface area contributed by atoms with Crippen molar-refractivity contribution in [3.8, 4) is 78.6 Å². The van der Waals surface area contributed by atoms with E-state index in [9.17, 15) is 9.22 Å². The molecule has 0 bridgehead atoms. The Balaban J connectivity index is 1.46. The first kappa shape index (κ1) is 25.8. The normalized spacial score (nSPS) is 20.5. The van der Waals surface area contributed by atoms with Gasteiger partial charge in [-0.3, -0.25) is 9.55 Å². The molecule has 2 heterocycles. The first-order valence-electron chi connectivity index (χ1n) is 38.6. The number of hydrogen-bond acceptors (Lipinski definition) is 3. The molecule has 0 aliphatic rings. The van der Waals surface area contributed by atoms with Crippen LogP contribution < -0.4 is 0 Å². The Morgan fingerprint density at radius 1 is 0.452 bits per heavy atom. The number of imidazole rings is 1.